The first kappa shape index (κ1) is 12.7. The van der Waals surface area contributed by atoms with Crippen LogP contribution in [0.1, 0.15) is 20.3 Å². The summed E-state index contributed by atoms with van der Waals surface area (Å²) < 4.78 is 2.60. The van der Waals surface area contributed by atoms with E-state index in [0.717, 1.165) is 12.5 Å². The molecule has 0 aliphatic carbocycles. The van der Waals surface area contributed by atoms with Crippen LogP contribution in [0.5, 0.6) is 0 Å². The second-order valence-corrected chi connectivity index (χ2v) is 4.55. The molecular weight excluding hydrogens is 222 g/mol. The van der Waals surface area contributed by atoms with E-state index in [9.17, 15) is 0 Å². The van der Waals surface area contributed by atoms with Crippen LogP contribution in [0.15, 0.2) is 0 Å². The summed E-state index contributed by atoms with van der Waals surface area (Å²) in [6.45, 7) is 5.76. The van der Waals surface area contributed by atoms with Crippen molar-refractivity contribution in [1.29, 1.82) is 5.26 Å². The van der Waals surface area contributed by atoms with Gasteiger partial charge >= 0.3 is 0 Å². The molecule has 1 aromatic heterocycles. The Bertz CT molecular complexity index is 425. The molecule has 0 amide bonds. The monoisotopic (exact) mass is 239 g/mol. The lowest BCUT2D eigenvalue weighted by molar-refractivity contribution is 0.516. The summed E-state index contributed by atoms with van der Waals surface area (Å²) in [5.41, 5.74) is 0. The van der Waals surface area contributed by atoms with Crippen LogP contribution in [0.25, 0.3) is 0 Å². The molecule has 5 nitrogen and oxygen atoms in total. The van der Waals surface area contributed by atoms with Crippen LogP contribution in [0.2, 0.25) is 0 Å². The molecule has 0 unspecified atom stereocenters. The van der Waals surface area contributed by atoms with Crippen LogP contribution in [0.3, 0.4) is 0 Å². The van der Waals surface area contributed by atoms with Crippen molar-refractivity contribution in [1.82, 2.24) is 14.8 Å². The first-order valence-electron chi connectivity index (χ1n) is 5.29. The second-order valence-electron chi connectivity index (χ2n) is 4.16. The molecule has 0 saturated carbocycles. The van der Waals surface area contributed by atoms with Crippen molar-refractivity contribution in [2.45, 2.75) is 26.8 Å². The average Bonchev–Trinajstić information content (AvgIpc) is 2.56. The lowest BCUT2D eigenvalue weighted by atomic mass is 10.2. The summed E-state index contributed by atoms with van der Waals surface area (Å²) in [5, 5.41) is 15.5. The number of nitrogens with zero attached hydrogens (tertiary/aromatic N) is 4. The molecule has 0 aliphatic heterocycles. The van der Waals surface area contributed by atoms with Gasteiger partial charge in [-0.25, -0.2) is 5.10 Å². The Hall–Kier alpha value is -1.35. The van der Waals surface area contributed by atoms with Gasteiger partial charge in [-0.2, -0.15) is 5.26 Å². The van der Waals surface area contributed by atoms with E-state index in [1.165, 1.54) is 0 Å². The van der Waals surface area contributed by atoms with Gasteiger partial charge in [-0.3, -0.25) is 4.57 Å². The third kappa shape index (κ3) is 3.07. The summed E-state index contributed by atoms with van der Waals surface area (Å²) in [6.07, 6.45) is 0.484. The Labute approximate surface area is 101 Å². The molecule has 0 radical (unpaired) electrons. The Kier molecular flexibility index (Phi) is 4.50. The van der Waals surface area contributed by atoms with Crippen molar-refractivity contribution < 1.29 is 0 Å². The third-order valence-corrected chi connectivity index (χ3v) is 2.50. The SMILES string of the molecule is CC(C)Cn1c(N(C)CCC#N)n[nH]c1=S. The Balaban J connectivity index is 2.87. The van der Waals surface area contributed by atoms with Gasteiger partial charge < -0.3 is 4.90 Å². The van der Waals surface area contributed by atoms with Crippen molar-refractivity contribution in [3.8, 4) is 6.07 Å². The zero-order valence-electron chi connectivity index (χ0n) is 9.90. The number of rotatable bonds is 5. The third-order valence-electron chi connectivity index (χ3n) is 2.19. The van der Waals surface area contributed by atoms with Gasteiger partial charge in [-0.05, 0) is 18.1 Å². The van der Waals surface area contributed by atoms with Crippen LogP contribution in [-0.4, -0.2) is 28.4 Å². The smallest absolute Gasteiger partial charge is 0.225 e. The number of hydrogen-bond donors (Lipinski definition) is 1. The minimum Gasteiger partial charge on any atom is -0.343 e. The molecule has 0 atom stereocenters. The molecule has 0 aromatic carbocycles. The highest BCUT2D eigenvalue weighted by atomic mass is 32.1. The fourth-order valence-electron chi connectivity index (χ4n) is 1.45. The number of nitriles is 1. The van der Waals surface area contributed by atoms with E-state index >= 15 is 0 Å². The van der Waals surface area contributed by atoms with Crippen molar-refractivity contribution in [3.05, 3.63) is 4.77 Å². The fraction of sp³-hybridized carbons (Fsp3) is 0.700. The minimum absolute atomic E-state index is 0.484. The molecule has 0 spiro atoms. The zero-order chi connectivity index (χ0) is 12.1. The molecule has 1 heterocycles. The normalized spacial score (nSPS) is 10.4. The largest absolute Gasteiger partial charge is 0.343 e. The Morgan fingerprint density at radius 1 is 1.62 bits per heavy atom. The summed E-state index contributed by atoms with van der Waals surface area (Å²) in [7, 11) is 1.92. The number of H-pyrrole nitrogens is 1. The molecule has 1 N–H and O–H groups in total. The lowest BCUT2D eigenvalue weighted by Gasteiger charge is -2.18. The van der Waals surface area contributed by atoms with E-state index in [4.69, 9.17) is 17.5 Å². The van der Waals surface area contributed by atoms with Crippen molar-refractivity contribution in [3.63, 3.8) is 0 Å². The maximum atomic E-state index is 8.55. The van der Waals surface area contributed by atoms with Gasteiger partial charge in [0, 0.05) is 20.1 Å². The molecule has 0 aliphatic rings. The number of anilines is 1. The van der Waals surface area contributed by atoms with Gasteiger partial charge in [0.25, 0.3) is 0 Å². The second kappa shape index (κ2) is 5.66. The van der Waals surface area contributed by atoms with Crippen molar-refractivity contribution >= 4 is 18.2 Å². The number of nitrogens with one attached hydrogen (secondary N) is 1. The highest BCUT2D eigenvalue weighted by molar-refractivity contribution is 7.71. The molecule has 88 valence electrons. The fourth-order valence-corrected chi connectivity index (χ4v) is 1.65. The highest BCUT2D eigenvalue weighted by Gasteiger charge is 2.11. The van der Waals surface area contributed by atoms with E-state index < -0.39 is 0 Å². The lowest BCUT2D eigenvalue weighted by Crippen LogP contribution is -2.23. The maximum absolute atomic E-state index is 8.55. The molecule has 0 bridgehead atoms. The minimum atomic E-state index is 0.484. The molecule has 1 aromatic rings. The summed E-state index contributed by atoms with van der Waals surface area (Å²) in [6, 6.07) is 2.12. The van der Waals surface area contributed by atoms with E-state index in [1.807, 2.05) is 16.5 Å². The van der Waals surface area contributed by atoms with Crippen LogP contribution in [0.4, 0.5) is 5.95 Å². The van der Waals surface area contributed by atoms with Gasteiger partial charge in [0.05, 0.1) is 12.5 Å². The molecule has 1 rings (SSSR count). The predicted octanol–water partition coefficient (Wildman–Crippen LogP) is 1.95. The first-order chi connectivity index (χ1) is 7.56. The Morgan fingerprint density at radius 3 is 2.88 bits per heavy atom. The number of hydrogen-bond acceptors (Lipinski definition) is 4. The summed E-state index contributed by atoms with van der Waals surface area (Å²) in [5.74, 6) is 1.31. The van der Waals surface area contributed by atoms with E-state index in [2.05, 4.69) is 30.1 Å². The van der Waals surface area contributed by atoms with Crippen LogP contribution >= 0.6 is 12.2 Å². The molecule has 0 fully saturated rings. The van der Waals surface area contributed by atoms with Gasteiger partial charge in [0.1, 0.15) is 0 Å². The van der Waals surface area contributed by atoms with Crippen molar-refractivity contribution in [2.24, 2.45) is 5.92 Å². The van der Waals surface area contributed by atoms with Gasteiger partial charge in [0.15, 0.2) is 4.77 Å². The van der Waals surface area contributed by atoms with Gasteiger partial charge in [0.2, 0.25) is 5.95 Å². The highest BCUT2D eigenvalue weighted by Crippen LogP contribution is 2.12. The van der Waals surface area contributed by atoms with Crippen LogP contribution in [0, 0.1) is 22.0 Å². The standard InChI is InChI=1S/C10H17N5S/c1-8(2)7-15-9(12-13-10(15)16)14(3)6-4-5-11/h8H,4,6-7H2,1-3H3,(H,13,16). The summed E-state index contributed by atoms with van der Waals surface area (Å²) >= 11 is 5.18. The van der Waals surface area contributed by atoms with E-state index in [0.29, 0.717) is 23.7 Å². The first-order valence-corrected chi connectivity index (χ1v) is 5.70. The summed E-state index contributed by atoms with van der Waals surface area (Å²) in [4.78, 5) is 1.94. The van der Waals surface area contributed by atoms with Crippen LogP contribution in [-0.2, 0) is 6.54 Å². The van der Waals surface area contributed by atoms with E-state index in [-0.39, 0.29) is 0 Å². The molecule has 6 heteroatoms. The molecule has 0 saturated heterocycles. The van der Waals surface area contributed by atoms with E-state index in [1.54, 1.807) is 0 Å². The number of aromatic amines is 1. The molecular formula is C10H17N5S. The maximum Gasteiger partial charge on any atom is 0.225 e. The van der Waals surface area contributed by atoms with Crippen molar-refractivity contribution in [2.75, 3.05) is 18.5 Å². The quantitative estimate of drug-likeness (QED) is 0.798. The number of aromatic nitrogens is 3. The Morgan fingerprint density at radius 2 is 2.31 bits per heavy atom. The van der Waals surface area contributed by atoms with Gasteiger partial charge in [-0.1, -0.05) is 13.8 Å². The predicted molar refractivity (Wildman–Crippen MR) is 65.7 cm³/mol. The molecule has 16 heavy (non-hydrogen) atoms. The zero-order valence-corrected chi connectivity index (χ0v) is 10.7. The topological polar surface area (TPSA) is 60.6 Å². The van der Waals surface area contributed by atoms with Gasteiger partial charge in [-0.15, -0.1) is 5.10 Å². The van der Waals surface area contributed by atoms with Crippen LogP contribution < -0.4 is 4.90 Å². The average molecular weight is 239 g/mol.